The van der Waals surface area contributed by atoms with E-state index in [-0.39, 0.29) is 5.56 Å². The van der Waals surface area contributed by atoms with Crippen molar-refractivity contribution in [3.05, 3.63) is 53.1 Å². The van der Waals surface area contributed by atoms with E-state index in [0.29, 0.717) is 27.8 Å². The molecule has 7 nitrogen and oxygen atoms in total. The molecule has 0 spiro atoms. The summed E-state index contributed by atoms with van der Waals surface area (Å²) in [7, 11) is 1.91. The lowest BCUT2D eigenvalue weighted by molar-refractivity contribution is 0.357. The van der Waals surface area contributed by atoms with Crippen molar-refractivity contribution in [2.75, 3.05) is 11.9 Å². The van der Waals surface area contributed by atoms with Crippen molar-refractivity contribution < 1.29 is 0 Å². The van der Waals surface area contributed by atoms with Gasteiger partial charge < -0.3 is 20.2 Å². The van der Waals surface area contributed by atoms with Gasteiger partial charge in [-0.3, -0.25) is 4.79 Å². The lowest BCUT2D eigenvalue weighted by atomic mass is 9.89. The van der Waals surface area contributed by atoms with Gasteiger partial charge in [-0.25, -0.2) is 9.97 Å². The average Bonchev–Trinajstić information content (AvgIpc) is 3.14. The number of aromatic nitrogens is 4. The third-order valence-corrected chi connectivity index (χ3v) is 6.46. The van der Waals surface area contributed by atoms with Crippen molar-refractivity contribution in [2.45, 2.75) is 32.1 Å². The molecule has 0 aliphatic heterocycles. The number of nitrogens with zero attached hydrogens (tertiary/aromatic N) is 3. The third-order valence-electron chi connectivity index (χ3n) is 6.21. The Morgan fingerprint density at radius 2 is 2.09 bits per heavy atom. The first-order valence-corrected chi connectivity index (χ1v) is 11.5. The number of hydrogen-bond acceptors (Lipinski definition) is 4. The van der Waals surface area contributed by atoms with Crippen LogP contribution in [0.2, 0.25) is 0 Å². The van der Waals surface area contributed by atoms with Crippen LogP contribution in [0.25, 0.3) is 33.3 Å². The molecule has 0 unspecified atom stereocenters. The summed E-state index contributed by atoms with van der Waals surface area (Å²) in [5, 5.41) is 8.07. The van der Waals surface area contributed by atoms with Gasteiger partial charge in [0, 0.05) is 42.6 Å². The van der Waals surface area contributed by atoms with E-state index >= 15 is 0 Å². The van der Waals surface area contributed by atoms with Gasteiger partial charge in [0.15, 0.2) is 5.11 Å². The maximum absolute atomic E-state index is 12.9. The highest BCUT2D eigenvalue weighted by Gasteiger charge is 2.16. The molecule has 0 amide bonds. The minimum Gasteiger partial charge on any atom is -0.362 e. The molecule has 0 saturated heterocycles. The Bertz CT molecular complexity index is 1350. The number of hydrogen-bond donors (Lipinski definition) is 3. The van der Waals surface area contributed by atoms with Gasteiger partial charge in [-0.15, -0.1) is 0 Å². The molecule has 0 bridgehead atoms. The molecule has 1 aliphatic carbocycles. The molecule has 5 rings (SSSR count). The van der Waals surface area contributed by atoms with Crippen LogP contribution in [0.15, 0.2) is 47.5 Å². The van der Waals surface area contributed by atoms with Crippen molar-refractivity contribution in [2.24, 2.45) is 13.0 Å². The lowest BCUT2D eigenvalue weighted by Gasteiger charge is -2.22. The van der Waals surface area contributed by atoms with Gasteiger partial charge >= 0.3 is 0 Å². The summed E-state index contributed by atoms with van der Waals surface area (Å²) < 4.78 is 1.91. The van der Waals surface area contributed by atoms with E-state index in [0.717, 1.165) is 28.8 Å². The molecule has 0 radical (unpaired) electrons. The molecular formula is C24H26N6OS. The highest BCUT2D eigenvalue weighted by atomic mass is 32.1. The molecule has 8 heteroatoms. The Kier molecular flexibility index (Phi) is 5.61. The molecule has 4 aromatic rings. The number of aromatic amines is 1. The molecule has 0 atom stereocenters. The van der Waals surface area contributed by atoms with Crippen LogP contribution in [-0.2, 0) is 7.05 Å². The first-order chi connectivity index (χ1) is 15.6. The maximum atomic E-state index is 12.9. The van der Waals surface area contributed by atoms with Crippen LogP contribution < -0.4 is 16.2 Å². The monoisotopic (exact) mass is 446 g/mol. The van der Waals surface area contributed by atoms with E-state index < -0.39 is 0 Å². The summed E-state index contributed by atoms with van der Waals surface area (Å²) in [6.07, 6.45) is 10.2. The van der Waals surface area contributed by atoms with E-state index in [4.69, 9.17) is 12.2 Å². The van der Waals surface area contributed by atoms with Crippen molar-refractivity contribution in [1.29, 1.82) is 0 Å². The number of rotatable bonds is 4. The van der Waals surface area contributed by atoms with Gasteiger partial charge in [-0.05, 0) is 61.3 Å². The summed E-state index contributed by atoms with van der Waals surface area (Å²) in [4.78, 5) is 24.9. The summed E-state index contributed by atoms with van der Waals surface area (Å²) in [6, 6.07) is 9.51. The lowest BCUT2D eigenvalue weighted by Crippen LogP contribution is -2.33. The van der Waals surface area contributed by atoms with Gasteiger partial charge in [-0.2, -0.15) is 0 Å². The fraction of sp³-hybridized carbons (Fsp3) is 0.333. The Morgan fingerprint density at radius 1 is 1.25 bits per heavy atom. The number of benzene rings is 1. The number of H-pyrrole nitrogens is 1. The molecule has 3 heterocycles. The van der Waals surface area contributed by atoms with Crippen LogP contribution in [0, 0.1) is 5.92 Å². The van der Waals surface area contributed by atoms with Crippen molar-refractivity contribution in [1.82, 2.24) is 24.8 Å². The van der Waals surface area contributed by atoms with E-state index in [9.17, 15) is 4.79 Å². The first-order valence-electron chi connectivity index (χ1n) is 11.1. The zero-order chi connectivity index (χ0) is 22.1. The van der Waals surface area contributed by atoms with Crippen molar-refractivity contribution in [3.63, 3.8) is 0 Å². The second-order valence-corrected chi connectivity index (χ2v) is 8.92. The third kappa shape index (κ3) is 4.10. The minimum absolute atomic E-state index is 0.232. The average molecular weight is 447 g/mol. The molecular weight excluding hydrogens is 420 g/mol. The normalized spacial score (nSPS) is 14.7. The maximum Gasteiger partial charge on any atom is 0.275 e. The van der Waals surface area contributed by atoms with Gasteiger partial charge in [0.25, 0.3) is 5.56 Å². The van der Waals surface area contributed by atoms with Crippen molar-refractivity contribution in [3.8, 4) is 11.3 Å². The summed E-state index contributed by atoms with van der Waals surface area (Å²) in [5.74, 6) is 0.698. The smallest absolute Gasteiger partial charge is 0.275 e. The number of aryl methyl sites for hydroxylation is 1. The van der Waals surface area contributed by atoms with Gasteiger partial charge in [0.05, 0.1) is 11.0 Å². The Morgan fingerprint density at radius 3 is 2.94 bits per heavy atom. The molecule has 1 saturated carbocycles. The SMILES string of the molecule is Cn1cc(-c2nc3ccc(NC(=S)NCC4CCCCC4)cc3[nH]c2=O)c2cccnc21. The molecule has 164 valence electrons. The molecule has 1 fully saturated rings. The highest BCUT2D eigenvalue weighted by Crippen LogP contribution is 2.27. The van der Waals surface area contributed by atoms with E-state index in [1.807, 2.05) is 48.1 Å². The standard InChI is InChI=1S/C24H26N6OS/c1-30-14-18(17-8-5-11-25-22(17)30)21-23(31)29-20-12-16(9-10-19(20)28-21)27-24(32)26-13-15-6-3-2-4-7-15/h5,8-12,14-15H,2-4,6-7,13H2,1H3,(H,29,31)(H2,26,27,32). The fourth-order valence-electron chi connectivity index (χ4n) is 4.55. The Balaban J connectivity index is 1.37. The summed E-state index contributed by atoms with van der Waals surface area (Å²) in [5.41, 5.74) is 3.94. The zero-order valence-corrected chi connectivity index (χ0v) is 18.8. The second-order valence-electron chi connectivity index (χ2n) is 8.51. The number of thiocarbonyl (C=S) groups is 1. The van der Waals surface area contributed by atoms with E-state index in [1.165, 1.54) is 32.1 Å². The Hall–Kier alpha value is -3.26. The second kappa shape index (κ2) is 8.70. The first kappa shape index (κ1) is 20.6. The van der Waals surface area contributed by atoms with Gasteiger partial charge in [-0.1, -0.05) is 19.3 Å². The van der Waals surface area contributed by atoms with Gasteiger partial charge in [0.2, 0.25) is 0 Å². The van der Waals surface area contributed by atoms with Crippen LogP contribution in [0.1, 0.15) is 32.1 Å². The summed E-state index contributed by atoms with van der Waals surface area (Å²) >= 11 is 5.47. The number of pyridine rings is 1. The van der Waals surface area contributed by atoms with Crippen LogP contribution in [0.5, 0.6) is 0 Å². The summed E-state index contributed by atoms with van der Waals surface area (Å²) in [6.45, 7) is 0.904. The quantitative estimate of drug-likeness (QED) is 0.404. The van der Waals surface area contributed by atoms with Crippen LogP contribution in [0.4, 0.5) is 5.69 Å². The molecule has 1 aromatic carbocycles. The molecule has 32 heavy (non-hydrogen) atoms. The zero-order valence-electron chi connectivity index (χ0n) is 18.0. The Labute approximate surface area is 191 Å². The predicted molar refractivity (Wildman–Crippen MR) is 133 cm³/mol. The van der Waals surface area contributed by atoms with Gasteiger partial charge in [0.1, 0.15) is 11.3 Å². The van der Waals surface area contributed by atoms with E-state index in [2.05, 4.69) is 25.6 Å². The van der Waals surface area contributed by atoms with Crippen molar-refractivity contribution >= 4 is 45.1 Å². The molecule has 3 N–H and O–H groups in total. The van der Waals surface area contributed by atoms with E-state index in [1.54, 1.807) is 6.20 Å². The highest BCUT2D eigenvalue weighted by molar-refractivity contribution is 7.80. The van der Waals surface area contributed by atoms with Crippen LogP contribution >= 0.6 is 12.2 Å². The number of fused-ring (bicyclic) bond motifs is 2. The largest absolute Gasteiger partial charge is 0.362 e. The minimum atomic E-state index is -0.232. The number of anilines is 1. The van der Waals surface area contributed by atoms with Crippen LogP contribution in [-0.4, -0.2) is 31.2 Å². The topological polar surface area (TPSA) is 87.6 Å². The molecule has 3 aromatic heterocycles. The number of nitrogens with one attached hydrogen (secondary N) is 3. The van der Waals surface area contributed by atoms with Crippen LogP contribution in [0.3, 0.4) is 0 Å². The molecule has 1 aliphatic rings. The fourth-order valence-corrected chi connectivity index (χ4v) is 4.75. The predicted octanol–water partition coefficient (Wildman–Crippen LogP) is 4.34.